The Morgan fingerprint density at radius 1 is 1.11 bits per heavy atom. The van der Waals surface area contributed by atoms with Gasteiger partial charge in [-0.3, -0.25) is 0 Å². The Labute approximate surface area is 67.4 Å². The van der Waals surface area contributed by atoms with E-state index in [4.69, 9.17) is 5.73 Å². The average Bonchev–Trinajstić information content (AvgIpc) is 1.77. The molecule has 1 radical (unpaired) electrons. The molecule has 0 unspecified atom stereocenters. The maximum atomic E-state index is 5.43. The fourth-order valence-electron chi connectivity index (χ4n) is 0.566. The van der Waals surface area contributed by atoms with Crippen LogP contribution in [-0.2, 0) is 0 Å². The minimum Gasteiger partial charge on any atom is -0.399 e. The molecule has 0 aliphatic rings. The monoisotopic (exact) mass is 114 g/mol. The van der Waals surface area contributed by atoms with E-state index in [1.165, 1.54) is 5.56 Å². The standard InChI is InChI=1S/C7H9N.Li/c1-6-2-4-7(8)5-3-6;/h2-5H,8H2,1H3;. The van der Waals surface area contributed by atoms with Crippen LogP contribution in [0.15, 0.2) is 24.3 Å². The molecule has 0 saturated carbocycles. The summed E-state index contributed by atoms with van der Waals surface area (Å²) in [6, 6.07) is 7.79. The Morgan fingerprint density at radius 2 is 1.56 bits per heavy atom. The number of anilines is 1. The number of hydrogen-bond donors (Lipinski definition) is 1. The molecule has 0 atom stereocenters. The van der Waals surface area contributed by atoms with Crippen molar-refractivity contribution < 1.29 is 0 Å². The summed E-state index contributed by atoms with van der Waals surface area (Å²) in [6.45, 7) is 2.04. The van der Waals surface area contributed by atoms with Gasteiger partial charge in [-0.25, -0.2) is 0 Å². The predicted molar refractivity (Wildman–Crippen MR) is 41.3 cm³/mol. The number of rotatable bonds is 0. The molecule has 1 rings (SSSR count). The third-order valence-corrected chi connectivity index (χ3v) is 1.08. The predicted octanol–water partition coefficient (Wildman–Crippen LogP) is 1.20. The summed E-state index contributed by atoms with van der Waals surface area (Å²) >= 11 is 0. The van der Waals surface area contributed by atoms with E-state index in [1.54, 1.807) is 0 Å². The molecule has 0 bridgehead atoms. The van der Waals surface area contributed by atoms with E-state index in [9.17, 15) is 0 Å². The van der Waals surface area contributed by atoms with Crippen molar-refractivity contribution in [3.63, 3.8) is 0 Å². The molecule has 0 spiro atoms. The van der Waals surface area contributed by atoms with Crippen molar-refractivity contribution >= 4 is 24.5 Å². The Morgan fingerprint density at radius 3 is 1.89 bits per heavy atom. The second-order valence-electron chi connectivity index (χ2n) is 1.91. The van der Waals surface area contributed by atoms with E-state index >= 15 is 0 Å². The van der Waals surface area contributed by atoms with Crippen molar-refractivity contribution in [2.75, 3.05) is 5.73 Å². The normalized spacial score (nSPS) is 8.11. The van der Waals surface area contributed by atoms with Gasteiger partial charge in [-0.2, -0.15) is 0 Å². The van der Waals surface area contributed by atoms with E-state index in [0.29, 0.717) is 0 Å². The maximum absolute atomic E-state index is 5.43. The molecular formula is C7H9LiN. The summed E-state index contributed by atoms with van der Waals surface area (Å²) in [5, 5.41) is 0. The van der Waals surface area contributed by atoms with Gasteiger partial charge >= 0.3 is 0 Å². The largest absolute Gasteiger partial charge is 0.399 e. The number of nitrogens with two attached hydrogens (primary N) is 1. The van der Waals surface area contributed by atoms with Gasteiger partial charge < -0.3 is 5.73 Å². The van der Waals surface area contributed by atoms with Crippen LogP contribution in [0.25, 0.3) is 0 Å². The fourth-order valence-corrected chi connectivity index (χ4v) is 0.566. The number of hydrogen-bond acceptors (Lipinski definition) is 1. The van der Waals surface area contributed by atoms with Gasteiger partial charge in [-0.1, -0.05) is 17.7 Å². The van der Waals surface area contributed by atoms with Crippen LogP contribution >= 0.6 is 0 Å². The van der Waals surface area contributed by atoms with Crippen LogP contribution in [0.3, 0.4) is 0 Å². The minimum absolute atomic E-state index is 0. The maximum Gasteiger partial charge on any atom is 0.0314 e. The molecule has 0 saturated heterocycles. The zero-order valence-corrected chi connectivity index (χ0v) is 5.89. The zero-order valence-electron chi connectivity index (χ0n) is 5.89. The van der Waals surface area contributed by atoms with Gasteiger partial charge in [0.05, 0.1) is 0 Å². The second kappa shape index (κ2) is 3.61. The molecule has 0 aromatic heterocycles. The fraction of sp³-hybridized carbons (Fsp3) is 0.143. The van der Waals surface area contributed by atoms with Crippen molar-refractivity contribution in [3.8, 4) is 0 Å². The van der Waals surface area contributed by atoms with Gasteiger partial charge in [-0.15, -0.1) is 0 Å². The van der Waals surface area contributed by atoms with Crippen LogP contribution < -0.4 is 5.73 Å². The number of nitrogen functional groups attached to an aromatic ring is 1. The summed E-state index contributed by atoms with van der Waals surface area (Å²) in [5.74, 6) is 0. The van der Waals surface area contributed by atoms with Crippen LogP contribution in [0, 0.1) is 6.92 Å². The van der Waals surface area contributed by atoms with Gasteiger partial charge in [0, 0.05) is 24.5 Å². The van der Waals surface area contributed by atoms with E-state index in [1.807, 2.05) is 31.2 Å². The topological polar surface area (TPSA) is 26.0 Å². The first-order valence-electron chi connectivity index (χ1n) is 2.61. The second-order valence-corrected chi connectivity index (χ2v) is 1.91. The molecule has 0 heterocycles. The van der Waals surface area contributed by atoms with Gasteiger partial charge in [0.25, 0.3) is 0 Å². The Balaban J connectivity index is 0.000000640. The summed E-state index contributed by atoms with van der Waals surface area (Å²) < 4.78 is 0. The molecule has 2 N–H and O–H groups in total. The van der Waals surface area contributed by atoms with Crippen molar-refractivity contribution in [2.45, 2.75) is 6.92 Å². The van der Waals surface area contributed by atoms with E-state index in [2.05, 4.69) is 0 Å². The van der Waals surface area contributed by atoms with Crippen molar-refractivity contribution in [3.05, 3.63) is 29.8 Å². The van der Waals surface area contributed by atoms with Crippen molar-refractivity contribution in [1.82, 2.24) is 0 Å². The summed E-state index contributed by atoms with van der Waals surface area (Å²) in [4.78, 5) is 0. The van der Waals surface area contributed by atoms with Crippen LogP contribution in [0.5, 0.6) is 0 Å². The zero-order chi connectivity index (χ0) is 5.98. The third-order valence-electron chi connectivity index (χ3n) is 1.08. The summed E-state index contributed by atoms with van der Waals surface area (Å²) in [5.41, 5.74) is 7.51. The molecule has 0 aliphatic carbocycles. The molecule has 0 aliphatic heterocycles. The first-order valence-corrected chi connectivity index (χ1v) is 2.61. The molecule has 0 amide bonds. The first-order chi connectivity index (χ1) is 3.79. The van der Waals surface area contributed by atoms with Crippen LogP contribution in [-0.4, -0.2) is 18.9 Å². The van der Waals surface area contributed by atoms with E-state index < -0.39 is 0 Å². The summed E-state index contributed by atoms with van der Waals surface area (Å²) in [6.07, 6.45) is 0. The van der Waals surface area contributed by atoms with Crippen LogP contribution in [0.1, 0.15) is 5.56 Å². The smallest absolute Gasteiger partial charge is 0.0314 e. The molecule has 43 valence electrons. The van der Waals surface area contributed by atoms with Gasteiger partial charge in [0.1, 0.15) is 0 Å². The van der Waals surface area contributed by atoms with Crippen molar-refractivity contribution in [2.24, 2.45) is 0 Å². The van der Waals surface area contributed by atoms with Crippen LogP contribution in [0.2, 0.25) is 0 Å². The molecule has 1 aromatic rings. The van der Waals surface area contributed by atoms with E-state index in [0.717, 1.165) is 5.69 Å². The molecule has 1 nitrogen and oxygen atoms in total. The quantitative estimate of drug-likeness (QED) is 0.398. The number of aryl methyl sites for hydroxylation is 1. The summed E-state index contributed by atoms with van der Waals surface area (Å²) in [7, 11) is 0. The third kappa shape index (κ3) is 2.60. The SMILES string of the molecule is Cc1ccc(N)cc1.[Li]. The molecule has 0 fully saturated rings. The molecular weight excluding hydrogens is 105 g/mol. The minimum atomic E-state index is 0. The Hall–Kier alpha value is -0.383. The Bertz CT molecular complexity index is 148. The van der Waals surface area contributed by atoms with Gasteiger partial charge in [0.2, 0.25) is 0 Å². The van der Waals surface area contributed by atoms with Gasteiger partial charge in [0.15, 0.2) is 0 Å². The molecule has 2 heteroatoms. The van der Waals surface area contributed by atoms with Crippen LogP contribution in [0.4, 0.5) is 5.69 Å². The van der Waals surface area contributed by atoms with Crippen molar-refractivity contribution in [1.29, 1.82) is 0 Å². The molecule has 1 aromatic carbocycles. The Kier molecular flexibility index (Phi) is 3.45. The molecule has 9 heavy (non-hydrogen) atoms. The first kappa shape index (κ1) is 8.62. The average molecular weight is 114 g/mol. The van der Waals surface area contributed by atoms with E-state index in [-0.39, 0.29) is 18.9 Å². The number of benzene rings is 1. The van der Waals surface area contributed by atoms with Gasteiger partial charge in [-0.05, 0) is 19.1 Å².